The number of nitrogens with zero attached hydrogens (tertiary/aromatic N) is 2. The first kappa shape index (κ1) is 14.2. The van der Waals surface area contributed by atoms with Crippen molar-refractivity contribution in [3.63, 3.8) is 0 Å². The molecule has 1 N–H and O–H groups in total. The first-order chi connectivity index (χ1) is 8.04. The number of nitrogens with one attached hydrogen (secondary N) is 1. The minimum Gasteiger partial charge on any atom is -0.314 e. The lowest BCUT2D eigenvalue weighted by atomic mass is 10.0. The fourth-order valence-electron chi connectivity index (χ4n) is 2.01. The third-order valence-electron chi connectivity index (χ3n) is 3.61. The molecule has 0 fully saturated rings. The molecule has 17 heavy (non-hydrogen) atoms. The normalized spacial score (nSPS) is 14.9. The SMILES string of the molecule is CCC(C)C(C)NCCCn1nc(C)cc1C. The maximum Gasteiger partial charge on any atom is 0.0596 e. The molecule has 2 unspecified atom stereocenters. The van der Waals surface area contributed by atoms with Crippen LogP contribution in [0.2, 0.25) is 0 Å². The minimum atomic E-state index is 0.612. The summed E-state index contributed by atoms with van der Waals surface area (Å²) in [5, 5.41) is 8.06. The molecule has 2 atom stereocenters. The van der Waals surface area contributed by atoms with Crippen LogP contribution in [-0.4, -0.2) is 22.4 Å². The summed E-state index contributed by atoms with van der Waals surface area (Å²) in [7, 11) is 0. The summed E-state index contributed by atoms with van der Waals surface area (Å²) in [4.78, 5) is 0. The van der Waals surface area contributed by atoms with Gasteiger partial charge in [-0.1, -0.05) is 20.3 Å². The van der Waals surface area contributed by atoms with E-state index in [2.05, 4.69) is 48.9 Å². The van der Waals surface area contributed by atoms with Gasteiger partial charge in [0.25, 0.3) is 0 Å². The Balaban J connectivity index is 2.22. The molecular weight excluding hydrogens is 210 g/mol. The molecule has 0 spiro atoms. The summed E-state index contributed by atoms with van der Waals surface area (Å²) < 4.78 is 2.10. The van der Waals surface area contributed by atoms with Crippen molar-refractivity contribution in [3.05, 3.63) is 17.5 Å². The Morgan fingerprint density at radius 2 is 2.06 bits per heavy atom. The van der Waals surface area contributed by atoms with Crippen LogP contribution in [0.25, 0.3) is 0 Å². The van der Waals surface area contributed by atoms with Gasteiger partial charge in [0.1, 0.15) is 0 Å². The first-order valence-corrected chi connectivity index (χ1v) is 6.79. The molecule has 1 rings (SSSR count). The summed E-state index contributed by atoms with van der Waals surface area (Å²) in [6.45, 7) is 13.1. The van der Waals surface area contributed by atoms with E-state index in [-0.39, 0.29) is 0 Å². The fraction of sp³-hybridized carbons (Fsp3) is 0.786. The molecule has 98 valence electrons. The van der Waals surface area contributed by atoms with Gasteiger partial charge >= 0.3 is 0 Å². The maximum absolute atomic E-state index is 4.47. The summed E-state index contributed by atoms with van der Waals surface area (Å²) in [6, 6.07) is 2.75. The van der Waals surface area contributed by atoms with E-state index in [9.17, 15) is 0 Å². The zero-order chi connectivity index (χ0) is 12.8. The predicted octanol–water partition coefficient (Wildman–Crippen LogP) is 2.91. The molecular formula is C14H27N3. The van der Waals surface area contributed by atoms with Crippen LogP contribution in [0.3, 0.4) is 0 Å². The Hall–Kier alpha value is -0.830. The van der Waals surface area contributed by atoms with Gasteiger partial charge in [0.15, 0.2) is 0 Å². The van der Waals surface area contributed by atoms with Crippen molar-refractivity contribution in [2.75, 3.05) is 6.54 Å². The van der Waals surface area contributed by atoms with Crippen LogP contribution in [0.15, 0.2) is 6.07 Å². The van der Waals surface area contributed by atoms with Crippen LogP contribution in [0.1, 0.15) is 45.0 Å². The zero-order valence-electron chi connectivity index (χ0n) is 12.0. The second-order valence-electron chi connectivity index (χ2n) is 5.13. The van der Waals surface area contributed by atoms with Crippen LogP contribution in [-0.2, 0) is 6.54 Å². The van der Waals surface area contributed by atoms with Crippen LogP contribution in [0, 0.1) is 19.8 Å². The van der Waals surface area contributed by atoms with Crippen molar-refractivity contribution in [3.8, 4) is 0 Å². The highest BCUT2D eigenvalue weighted by Crippen LogP contribution is 2.07. The Kier molecular flexibility index (Phi) is 5.69. The molecule has 0 aliphatic rings. The lowest BCUT2D eigenvalue weighted by molar-refractivity contribution is 0.382. The first-order valence-electron chi connectivity index (χ1n) is 6.79. The molecule has 0 bridgehead atoms. The summed E-state index contributed by atoms with van der Waals surface area (Å²) in [6.07, 6.45) is 2.38. The van der Waals surface area contributed by atoms with E-state index in [1.54, 1.807) is 0 Å². The molecule has 3 heteroatoms. The van der Waals surface area contributed by atoms with E-state index in [1.807, 2.05) is 6.92 Å². The largest absolute Gasteiger partial charge is 0.314 e. The standard InChI is InChI=1S/C14H27N3/c1-6-11(2)14(5)15-8-7-9-17-13(4)10-12(3)16-17/h10-11,14-15H,6-9H2,1-5H3. The number of rotatable bonds is 7. The lowest BCUT2D eigenvalue weighted by Crippen LogP contribution is -2.33. The molecule has 0 aliphatic carbocycles. The highest BCUT2D eigenvalue weighted by atomic mass is 15.3. The van der Waals surface area contributed by atoms with Crippen molar-refractivity contribution in [1.29, 1.82) is 0 Å². The maximum atomic E-state index is 4.47. The predicted molar refractivity (Wildman–Crippen MR) is 73.2 cm³/mol. The van der Waals surface area contributed by atoms with E-state index >= 15 is 0 Å². The molecule has 0 saturated heterocycles. The van der Waals surface area contributed by atoms with E-state index in [0.717, 1.165) is 31.1 Å². The fourth-order valence-corrected chi connectivity index (χ4v) is 2.01. The van der Waals surface area contributed by atoms with Gasteiger partial charge < -0.3 is 5.32 Å². The van der Waals surface area contributed by atoms with Crippen molar-refractivity contribution in [2.45, 2.75) is 60.0 Å². The lowest BCUT2D eigenvalue weighted by Gasteiger charge is -2.19. The zero-order valence-corrected chi connectivity index (χ0v) is 12.0. The van der Waals surface area contributed by atoms with Gasteiger partial charge in [0, 0.05) is 18.3 Å². The average Bonchev–Trinajstić information content (AvgIpc) is 2.62. The molecule has 0 amide bonds. The van der Waals surface area contributed by atoms with Gasteiger partial charge in [-0.05, 0) is 45.7 Å². The minimum absolute atomic E-state index is 0.612. The summed E-state index contributed by atoms with van der Waals surface area (Å²) in [5.74, 6) is 0.753. The second-order valence-corrected chi connectivity index (χ2v) is 5.13. The van der Waals surface area contributed by atoms with Crippen molar-refractivity contribution in [2.24, 2.45) is 5.92 Å². The van der Waals surface area contributed by atoms with Crippen molar-refractivity contribution in [1.82, 2.24) is 15.1 Å². The number of hydrogen-bond acceptors (Lipinski definition) is 2. The second kappa shape index (κ2) is 6.80. The van der Waals surface area contributed by atoms with Gasteiger partial charge in [0.05, 0.1) is 5.69 Å². The number of aromatic nitrogens is 2. The van der Waals surface area contributed by atoms with Gasteiger partial charge in [0.2, 0.25) is 0 Å². The van der Waals surface area contributed by atoms with E-state index < -0.39 is 0 Å². The van der Waals surface area contributed by atoms with Gasteiger partial charge in [-0.2, -0.15) is 5.10 Å². The molecule has 1 aromatic heterocycles. The smallest absolute Gasteiger partial charge is 0.0596 e. The van der Waals surface area contributed by atoms with Crippen LogP contribution in [0.5, 0.6) is 0 Å². The summed E-state index contributed by atoms with van der Waals surface area (Å²) >= 11 is 0. The van der Waals surface area contributed by atoms with E-state index in [4.69, 9.17) is 0 Å². The van der Waals surface area contributed by atoms with Gasteiger partial charge in [-0.15, -0.1) is 0 Å². The molecule has 1 aromatic rings. The number of hydrogen-bond donors (Lipinski definition) is 1. The Morgan fingerprint density at radius 1 is 1.35 bits per heavy atom. The van der Waals surface area contributed by atoms with Crippen molar-refractivity contribution >= 4 is 0 Å². The Labute approximate surface area is 106 Å². The highest BCUT2D eigenvalue weighted by molar-refractivity contribution is 5.06. The van der Waals surface area contributed by atoms with Gasteiger partial charge in [-0.3, -0.25) is 4.68 Å². The molecule has 3 nitrogen and oxygen atoms in total. The Morgan fingerprint density at radius 3 is 2.59 bits per heavy atom. The van der Waals surface area contributed by atoms with Gasteiger partial charge in [-0.25, -0.2) is 0 Å². The number of aryl methyl sites for hydroxylation is 3. The molecule has 0 aromatic carbocycles. The van der Waals surface area contributed by atoms with Crippen molar-refractivity contribution < 1.29 is 0 Å². The topological polar surface area (TPSA) is 29.9 Å². The van der Waals surface area contributed by atoms with Crippen LogP contribution in [0.4, 0.5) is 0 Å². The van der Waals surface area contributed by atoms with Crippen LogP contribution < -0.4 is 5.32 Å². The molecule has 0 saturated carbocycles. The van der Waals surface area contributed by atoms with E-state index in [0.29, 0.717) is 6.04 Å². The molecule has 0 radical (unpaired) electrons. The van der Waals surface area contributed by atoms with Crippen LogP contribution >= 0.6 is 0 Å². The third-order valence-corrected chi connectivity index (χ3v) is 3.61. The van der Waals surface area contributed by atoms with E-state index in [1.165, 1.54) is 12.1 Å². The quantitative estimate of drug-likeness (QED) is 0.739. The average molecular weight is 237 g/mol. The summed E-state index contributed by atoms with van der Waals surface area (Å²) in [5.41, 5.74) is 2.38. The third kappa shape index (κ3) is 4.50. The monoisotopic (exact) mass is 237 g/mol. The molecule has 0 aliphatic heterocycles. The highest BCUT2D eigenvalue weighted by Gasteiger charge is 2.08. The molecule has 1 heterocycles. The Bertz CT molecular complexity index is 330.